The molecule has 0 atom stereocenters. The SMILES string of the molecule is O=C(CCCN1C(=O)c2ccccc2C1=O)OCc1ccc(Cl)nc1. The van der Waals surface area contributed by atoms with Gasteiger partial charge >= 0.3 is 5.97 Å². The molecule has 2 aromatic rings. The maximum absolute atomic E-state index is 12.2. The van der Waals surface area contributed by atoms with Crippen molar-refractivity contribution in [1.82, 2.24) is 9.88 Å². The summed E-state index contributed by atoms with van der Waals surface area (Å²) in [5.74, 6) is -1.03. The summed E-state index contributed by atoms with van der Waals surface area (Å²) in [7, 11) is 0. The monoisotopic (exact) mass is 358 g/mol. The van der Waals surface area contributed by atoms with Crippen molar-refractivity contribution in [2.24, 2.45) is 0 Å². The molecule has 1 aromatic carbocycles. The van der Waals surface area contributed by atoms with Crippen LogP contribution in [-0.2, 0) is 16.1 Å². The second-order valence-electron chi connectivity index (χ2n) is 5.56. The Hall–Kier alpha value is -2.73. The fourth-order valence-corrected chi connectivity index (χ4v) is 2.66. The molecule has 7 heteroatoms. The summed E-state index contributed by atoms with van der Waals surface area (Å²) >= 11 is 5.68. The van der Waals surface area contributed by atoms with E-state index in [4.69, 9.17) is 16.3 Å². The lowest BCUT2D eigenvalue weighted by Crippen LogP contribution is -2.31. The number of nitrogens with zero attached hydrogens (tertiary/aromatic N) is 2. The predicted molar refractivity (Wildman–Crippen MR) is 90.1 cm³/mol. The number of esters is 1. The van der Waals surface area contributed by atoms with Gasteiger partial charge in [0, 0.05) is 24.7 Å². The Kier molecular flexibility index (Phi) is 5.09. The number of pyridine rings is 1. The van der Waals surface area contributed by atoms with Crippen LogP contribution in [0.3, 0.4) is 0 Å². The van der Waals surface area contributed by atoms with Crippen LogP contribution in [0.5, 0.6) is 0 Å². The van der Waals surface area contributed by atoms with Crippen LogP contribution in [0.15, 0.2) is 42.6 Å². The van der Waals surface area contributed by atoms with Crippen LogP contribution in [0, 0.1) is 0 Å². The number of fused-ring (bicyclic) bond motifs is 1. The van der Waals surface area contributed by atoms with Crippen LogP contribution in [0.1, 0.15) is 39.1 Å². The standard InChI is InChI=1S/C18H15ClN2O4/c19-15-8-7-12(10-20-15)11-25-16(22)6-3-9-21-17(23)13-4-1-2-5-14(13)18(21)24/h1-2,4-5,7-8,10H,3,6,9,11H2. The number of amides is 2. The first-order chi connectivity index (χ1) is 12.1. The number of rotatable bonds is 6. The molecule has 0 aliphatic carbocycles. The fraction of sp³-hybridized carbons (Fsp3) is 0.222. The van der Waals surface area contributed by atoms with Gasteiger partial charge in [-0.05, 0) is 24.6 Å². The lowest BCUT2D eigenvalue weighted by molar-refractivity contribution is -0.145. The molecule has 3 rings (SSSR count). The highest BCUT2D eigenvalue weighted by atomic mass is 35.5. The summed E-state index contributed by atoms with van der Waals surface area (Å²) in [5, 5.41) is 0.371. The third-order valence-corrected chi connectivity index (χ3v) is 4.05. The average molecular weight is 359 g/mol. The highest BCUT2D eigenvalue weighted by molar-refractivity contribution is 6.29. The van der Waals surface area contributed by atoms with E-state index in [1.165, 1.54) is 11.1 Å². The lowest BCUT2D eigenvalue weighted by Gasteiger charge is -2.13. The smallest absolute Gasteiger partial charge is 0.306 e. The topological polar surface area (TPSA) is 76.6 Å². The number of benzene rings is 1. The molecule has 0 radical (unpaired) electrons. The average Bonchev–Trinajstić information content (AvgIpc) is 2.86. The number of imide groups is 1. The van der Waals surface area contributed by atoms with Crippen LogP contribution in [-0.4, -0.2) is 34.2 Å². The van der Waals surface area contributed by atoms with Gasteiger partial charge in [0.2, 0.25) is 0 Å². The first kappa shape index (κ1) is 17.1. The van der Waals surface area contributed by atoms with Crippen molar-refractivity contribution < 1.29 is 19.1 Å². The number of halogens is 1. The molecule has 0 fully saturated rings. The van der Waals surface area contributed by atoms with Crippen LogP contribution in [0.4, 0.5) is 0 Å². The Morgan fingerprint density at radius 1 is 1.08 bits per heavy atom. The predicted octanol–water partition coefficient (Wildman–Crippen LogP) is 2.85. The zero-order valence-corrected chi connectivity index (χ0v) is 14.0. The van der Waals surface area contributed by atoms with E-state index in [-0.39, 0.29) is 31.4 Å². The number of carbonyl (C=O) groups excluding carboxylic acids is 3. The molecular formula is C18H15ClN2O4. The lowest BCUT2D eigenvalue weighted by atomic mass is 10.1. The Morgan fingerprint density at radius 2 is 1.76 bits per heavy atom. The number of carbonyl (C=O) groups is 3. The van der Waals surface area contributed by atoms with E-state index >= 15 is 0 Å². The van der Waals surface area contributed by atoms with Gasteiger partial charge in [0.1, 0.15) is 11.8 Å². The van der Waals surface area contributed by atoms with Crippen LogP contribution in [0.2, 0.25) is 5.15 Å². The van der Waals surface area contributed by atoms with Crippen LogP contribution in [0.25, 0.3) is 0 Å². The third kappa shape index (κ3) is 3.85. The van der Waals surface area contributed by atoms with Gasteiger partial charge in [0.05, 0.1) is 11.1 Å². The highest BCUT2D eigenvalue weighted by Gasteiger charge is 2.34. The molecule has 1 aliphatic rings. The summed E-state index contributed by atoms with van der Waals surface area (Å²) in [5.41, 5.74) is 1.55. The number of ether oxygens (including phenoxy) is 1. The van der Waals surface area contributed by atoms with E-state index in [1.54, 1.807) is 36.4 Å². The molecule has 0 saturated carbocycles. The third-order valence-electron chi connectivity index (χ3n) is 3.83. The Morgan fingerprint density at radius 3 is 2.36 bits per heavy atom. The highest BCUT2D eigenvalue weighted by Crippen LogP contribution is 2.22. The molecule has 0 saturated heterocycles. The van der Waals surface area contributed by atoms with Crippen LogP contribution < -0.4 is 0 Å². The van der Waals surface area contributed by atoms with Gasteiger partial charge < -0.3 is 4.74 Å². The first-order valence-electron chi connectivity index (χ1n) is 7.77. The summed E-state index contributed by atoms with van der Waals surface area (Å²) in [4.78, 5) is 41.2. The van der Waals surface area contributed by atoms with Crippen molar-refractivity contribution >= 4 is 29.4 Å². The molecule has 1 aromatic heterocycles. The molecule has 25 heavy (non-hydrogen) atoms. The van der Waals surface area contributed by atoms with Crippen molar-refractivity contribution in [3.63, 3.8) is 0 Å². The minimum absolute atomic E-state index is 0.107. The summed E-state index contributed by atoms with van der Waals surface area (Å²) in [6, 6.07) is 10.0. The van der Waals surface area contributed by atoms with Crippen LogP contribution >= 0.6 is 11.6 Å². The van der Waals surface area contributed by atoms with E-state index in [1.807, 2.05) is 0 Å². The molecule has 0 bridgehead atoms. The molecule has 128 valence electrons. The molecule has 0 unspecified atom stereocenters. The van der Waals surface area contributed by atoms with Gasteiger partial charge in [0.15, 0.2) is 0 Å². The second-order valence-corrected chi connectivity index (χ2v) is 5.95. The van der Waals surface area contributed by atoms with Gasteiger partial charge in [-0.3, -0.25) is 19.3 Å². The molecule has 1 aliphatic heterocycles. The van der Waals surface area contributed by atoms with E-state index < -0.39 is 5.97 Å². The molecule has 2 heterocycles. The van der Waals surface area contributed by atoms with Crippen molar-refractivity contribution in [1.29, 1.82) is 0 Å². The second kappa shape index (κ2) is 7.44. The zero-order valence-electron chi connectivity index (χ0n) is 13.3. The van der Waals surface area contributed by atoms with Crippen molar-refractivity contribution in [3.05, 3.63) is 64.4 Å². The van der Waals surface area contributed by atoms with Crippen molar-refractivity contribution in [3.8, 4) is 0 Å². The maximum Gasteiger partial charge on any atom is 0.306 e. The van der Waals surface area contributed by atoms with Crippen molar-refractivity contribution in [2.45, 2.75) is 19.4 Å². The maximum atomic E-state index is 12.2. The Bertz CT molecular complexity index is 785. The van der Waals surface area contributed by atoms with Gasteiger partial charge in [-0.1, -0.05) is 29.8 Å². The van der Waals surface area contributed by atoms with E-state index in [9.17, 15) is 14.4 Å². The van der Waals surface area contributed by atoms with Gasteiger partial charge in [-0.2, -0.15) is 0 Å². The van der Waals surface area contributed by atoms with Gasteiger partial charge in [-0.15, -0.1) is 0 Å². The Labute approximate surface area is 149 Å². The van der Waals surface area contributed by atoms with E-state index in [0.29, 0.717) is 22.7 Å². The molecule has 2 amide bonds. The minimum atomic E-state index is -0.397. The first-order valence-corrected chi connectivity index (χ1v) is 8.15. The summed E-state index contributed by atoms with van der Waals surface area (Å²) in [6.07, 6.45) is 2.01. The molecule has 6 nitrogen and oxygen atoms in total. The van der Waals surface area contributed by atoms with E-state index in [0.717, 1.165) is 5.56 Å². The molecule has 0 spiro atoms. The minimum Gasteiger partial charge on any atom is -0.461 e. The largest absolute Gasteiger partial charge is 0.461 e. The summed E-state index contributed by atoms with van der Waals surface area (Å²) in [6.45, 7) is 0.292. The summed E-state index contributed by atoms with van der Waals surface area (Å²) < 4.78 is 5.14. The molecular weight excluding hydrogens is 344 g/mol. The Balaban J connectivity index is 1.45. The number of aromatic nitrogens is 1. The fourth-order valence-electron chi connectivity index (χ4n) is 2.55. The zero-order chi connectivity index (χ0) is 17.8. The quantitative estimate of drug-likeness (QED) is 0.451. The van der Waals surface area contributed by atoms with Crippen molar-refractivity contribution in [2.75, 3.05) is 6.54 Å². The number of hydrogen-bond acceptors (Lipinski definition) is 5. The van der Waals surface area contributed by atoms with Gasteiger partial charge in [-0.25, -0.2) is 4.98 Å². The molecule has 0 N–H and O–H groups in total. The number of hydrogen-bond donors (Lipinski definition) is 0. The normalized spacial score (nSPS) is 13.1. The van der Waals surface area contributed by atoms with Gasteiger partial charge in [0.25, 0.3) is 11.8 Å². The van der Waals surface area contributed by atoms with E-state index in [2.05, 4.69) is 4.98 Å².